The smallest absolute Gasteiger partial charge is 0.228 e. The van der Waals surface area contributed by atoms with Crippen LogP contribution in [-0.4, -0.2) is 27.5 Å². The Bertz CT molecular complexity index is 1010. The Morgan fingerprint density at radius 2 is 2.00 bits per heavy atom. The second kappa shape index (κ2) is 9.00. The average Bonchev–Trinajstić information content (AvgIpc) is 3.18. The predicted molar refractivity (Wildman–Crippen MR) is 117 cm³/mol. The first kappa shape index (κ1) is 20.6. The second-order valence-corrected chi connectivity index (χ2v) is 8.38. The van der Waals surface area contributed by atoms with Gasteiger partial charge in [-0.15, -0.1) is 0 Å². The molecule has 0 spiro atoms. The van der Waals surface area contributed by atoms with Crippen LogP contribution in [0.3, 0.4) is 0 Å². The zero-order valence-electron chi connectivity index (χ0n) is 17.3. The highest BCUT2D eigenvalue weighted by Crippen LogP contribution is 2.32. The van der Waals surface area contributed by atoms with Crippen LogP contribution in [-0.2, 0) is 11.2 Å². The molecule has 1 aromatic heterocycles. The van der Waals surface area contributed by atoms with Crippen molar-refractivity contribution in [1.82, 2.24) is 15.0 Å². The number of aromatic nitrogens is 2. The molecule has 1 atom stereocenters. The van der Waals surface area contributed by atoms with Crippen molar-refractivity contribution in [2.45, 2.75) is 45.6 Å². The molecule has 0 bridgehead atoms. The number of halogens is 1. The van der Waals surface area contributed by atoms with Crippen LogP contribution < -0.4 is 0 Å². The van der Waals surface area contributed by atoms with Crippen LogP contribution in [0.25, 0.3) is 11.4 Å². The Kier molecular flexibility index (Phi) is 6.18. The van der Waals surface area contributed by atoms with Crippen molar-refractivity contribution in [2.75, 3.05) is 6.54 Å². The van der Waals surface area contributed by atoms with Gasteiger partial charge in [0, 0.05) is 29.5 Å². The van der Waals surface area contributed by atoms with Crippen LogP contribution in [0.1, 0.15) is 49.2 Å². The first-order valence-corrected chi connectivity index (χ1v) is 10.9. The van der Waals surface area contributed by atoms with Crippen LogP contribution in [0.4, 0.5) is 0 Å². The van der Waals surface area contributed by atoms with Gasteiger partial charge in [0.15, 0.2) is 0 Å². The molecule has 1 amide bonds. The van der Waals surface area contributed by atoms with Gasteiger partial charge in [-0.2, -0.15) is 4.98 Å². The molecule has 4 rings (SSSR count). The lowest BCUT2D eigenvalue weighted by Gasteiger charge is -2.35. The normalized spacial score (nSPS) is 14.9. The van der Waals surface area contributed by atoms with Crippen molar-refractivity contribution >= 4 is 17.5 Å². The van der Waals surface area contributed by atoms with Gasteiger partial charge in [0.2, 0.25) is 17.6 Å². The van der Waals surface area contributed by atoms with E-state index in [1.165, 1.54) is 0 Å². The average molecular weight is 424 g/mol. The molecule has 1 heterocycles. The predicted octanol–water partition coefficient (Wildman–Crippen LogP) is 5.63. The fourth-order valence-corrected chi connectivity index (χ4v) is 3.90. The molecule has 0 saturated heterocycles. The van der Waals surface area contributed by atoms with E-state index in [-0.39, 0.29) is 17.9 Å². The van der Waals surface area contributed by atoms with E-state index in [2.05, 4.69) is 29.2 Å². The topological polar surface area (TPSA) is 59.2 Å². The summed E-state index contributed by atoms with van der Waals surface area (Å²) in [5.41, 5.74) is 2.95. The third-order valence-electron chi connectivity index (χ3n) is 5.95. The lowest BCUT2D eigenvalue weighted by Crippen LogP contribution is -2.41. The lowest BCUT2D eigenvalue weighted by atomic mass is 9.84. The number of aryl methyl sites for hydroxylation is 1. The molecule has 0 N–H and O–H groups in total. The quantitative estimate of drug-likeness (QED) is 0.494. The Labute approximate surface area is 182 Å². The van der Waals surface area contributed by atoms with E-state index in [0.29, 0.717) is 29.7 Å². The molecule has 2 aromatic carbocycles. The standard InChI is InChI=1S/C24H26ClN3O2/c1-16-11-12-20(15-21(16)25)23-26-22(30-27-23)13-14-28(24(29)19-9-6-10-19)17(2)18-7-4-3-5-8-18/h3-5,7-8,11-12,15,17,19H,6,9-10,13-14H2,1-2H3. The third-order valence-corrected chi connectivity index (χ3v) is 6.36. The van der Waals surface area contributed by atoms with E-state index in [0.717, 1.165) is 36.0 Å². The first-order valence-electron chi connectivity index (χ1n) is 10.5. The molecule has 1 aliphatic carbocycles. The number of amides is 1. The maximum Gasteiger partial charge on any atom is 0.228 e. The second-order valence-electron chi connectivity index (χ2n) is 7.97. The number of benzene rings is 2. The maximum absolute atomic E-state index is 13.1. The first-order chi connectivity index (χ1) is 14.5. The summed E-state index contributed by atoms with van der Waals surface area (Å²) >= 11 is 6.22. The number of nitrogens with zero attached hydrogens (tertiary/aromatic N) is 3. The number of carbonyl (C=O) groups excluding carboxylic acids is 1. The van der Waals surface area contributed by atoms with Crippen LogP contribution in [0.5, 0.6) is 0 Å². The summed E-state index contributed by atoms with van der Waals surface area (Å²) in [6.45, 7) is 4.58. The summed E-state index contributed by atoms with van der Waals surface area (Å²) in [4.78, 5) is 19.6. The van der Waals surface area contributed by atoms with Gasteiger partial charge in [-0.05, 0) is 43.9 Å². The van der Waals surface area contributed by atoms with Gasteiger partial charge >= 0.3 is 0 Å². The summed E-state index contributed by atoms with van der Waals surface area (Å²) in [5, 5.41) is 4.77. The van der Waals surface area contributed by atoms with Crippen LogP contribution in [0, 0.1) is 12.8 Å². The van der Waals surface area contributed by atoms with Crippen LogP contribution in [0.2, 0.25) is 5.02 Å². The van der Waals surface area contributed by atoms with Crippen molar-refractivity contribution < 1.29 is 9.32 Å². The number of hydrogen-bond acceptors (Lipinski definition) is 4. The molecule has 30 heavy (non-hydrogen) atoms. The zero-order chi connectivity index (χ0) is 21.1. The highest BCUT2D eigenvalue weighted by atomic mass is 35.5. The van der Waals surface area contributed by atoms with Crippen molar-refractivity contribution in [3.63, 3.8) is 0 Å². The minimum Gasteiger partial charge on any atom is -0.339 e. The molecule has 6 heteroatoms. The van der Waals surface area contributed by atoms with Gasteiger partial charge in [-0.3, -0.25) is 4.79 Å². The minimum absolute atomic E-state index is 0.00223. The summed E-state index contributed by atoms with van der Waals surface area (Å²) in [6, 6.07) is 15.9. The maximum atomic E-state index is 13.1. The van der Waals surface area contributed by atoms with E-state index in [4.69, 9.17) is 16.1 Å². The molecule has 1 unspecified atom stereocenters. The highest BCUT2D eigenvalue weighted by Gasteiger charge is 2.32. The third kappa shape index (κ3) is 4.41. The summed E-state index contributed by atoms with van der Waals surface area (Å²) in [5.74, 6) is 1.40. The summed E-state index contributed by atoms with van der Waals surface area (Å²) in [6.07, 6.45) is 3.61. The van der Waals surface area contributed by atoms with Crippen molar-refractivity contribution in [3.8, 4) is 11.4 Å². The largest absolute Gasteiger partial charge is 0.339 e. The van der Waals surface area contributed by atoms with Crippen LogP contribution >= 0.6 is 11.6 Å². The molecule has 0 aliphatic heterocycles. The monoisotopic (exact) mass is 423 g/mol. The molecule has 5 nitrogen and oxygen atoms in total. The Morgan fingerprint density at radius 1 is 1.23 bits per heavy atom. The lowest BCUT2D eigenvalue weighted by molar-refractivity contribution is -0.140. The van der Waals surface area contributed by atoms with Crippen molar-refractivity contribution in [1.29, 1.82) is 0 Å². The van der Waals surface area contributed by atoms with Crippen LogP contribution in [0.15, 0.2) is 53.1 Å². The molecule has 156 valence electrons. The number of carbonyl (C=O) groups is 1. The number of rotatable bonds is 7. The Morgan fingerprint density at radius 3 is 2.67 bits per heavy atom. The fraction of sp³-hybridized carbons (Fsp3) is 0.375. The molecule has 0 radical (unpaired) electrons. The summed E-state index contributed by atoms with van der Waals surface area (Å²) < 4.78 is 5.46. The number of hydrogen-bond donors (Lipinski definition) is 0. The van der Waals surface area contributed by atoms with E-state index < -0.39 is 0 Å². The van der Waals surface area contributed by atoms with E-state index in [1.807, 2.05) is 48.2 Å². The highest BCUT2D eigenvalue weighted by molar-refractivity contribution is 6.31. The van der Waals surface area contributed by atoms with Gasteiger partial charge in [0.25, 0.3) is 0 Å². The zero-order valence-corrected chi connectivity index (χ0v) is 18.1. The SMILES string of the molecule is Cc1ccc(-c2noc(CCN(C(=O)C3CCC3)C(C)c3ccccc3)n2)cc1Cl. The van der Waals surface area contributed by atoms with E-state index in [9.17, 15) is 4.79 Å². The van der Waals surface area contributed by atoms with Gasteiger partial charge in [0.05, 0.1) is 6.04 Å². The molecular weight excluding hydrogens is 398 g/mol. The minimum atomic E-state index is -0.00223. The van der Waals surface area contributed by atoms with Crippen molar-refractivity contribution in [2.24, 2.45) is 5.92 Å². The summed E-state index contributed by atoms with van der Waals surface area (Å²) in [7, 11) is 0. The molecule has 1 saturated carbocycles. The van der Waals surface area contributed by atoms with Gasteiger partial charge in [0.1, 0.15) is 0 Å². The molecule has 1 fully saturated rings. The van der Waals surface area contributed by atoms with Crippen molar-refractivity contribution in [3.05, 3.63) is 70.6 Å². The van der Waals surface area contributed by atoms with E-state index in [1.54, 1.807) is 0 Å². The molecule has 1 aliphatic rings. The van der Waals surface area contributed by atoms with Gasteiger partial charge in [-0.1, -0.05) is 65.6 Å². The van der Waals surface area contributed by atoms with E-state index >= 15 is 0 Å². The molecular formula is C24H26ClN3O2. The van der Waals surface area contributed by atoms with Gasteiger partial charge in [-0.25, -0.2) is 0 Å². The van der Waals surface area contributed by atoms with Gasteiger partial charge < -0.3 is 9.42 Å². The Balaban J connectivity index is 1.49. The Hall–Kier alpha value is -2.66. The molecule has 3 aromatic rings. The fourth-order valence-electron chi connectivity index (χ4n) is 3.72.